The average molecular weight is 482 g/mol. The number of aromatic hydroxyl groups is 1. The molecule has 0 heterocycles. The van der Waals surface area contributed by atoms with Crippen LogP contribution in [-0.4, -0.2) is 46.1 Å². The fraction of sp³-hybridized carbons (Fsp3) is 0.444. The Morgan fingerprint density at radius 3 is 2.26 bits per heavy atom. The third-order valence-corrected chi connectivity index (χ3v) is 5.94. The molecule has 0 spiro atoms. The summed E-state index contributed by atoms with van der Waals surface area (Å²) in [5.41, 5.74) is 2.27. The van der Waals surface area contributed by atoms with Crippen LogP contribution < -0.4 is 10.6 Å². The van der Waals surface area contributed by atoms with Crippen molar-refractivity contribution in [3.05, 3.63) is 59.2 Å². The number of rotatable bonds is 7. The van der Waals surface area contributed by atoms with Crippen molar-refractivity contribution in [2.45, 2.75) is 65.6 Å². The third kappa shape index (κ3) is 6.74. The maximum atomic E-state index is 13.7. The minimum atomic E-state index is -0.996. The minimum Gasteiger partial charge on any atom is -0.508 e. The van der Waals surface area contributed by atoms with Gasteiger partial charge in [0.15, 0.2) is 0 Å². The largest absolute Gasteiger partial charge is 0.508 e. The molecule has 0 aliphatic heterocycles. The van der Waals surface area contributed by atoms with Gasteiger partial charge in [-0.25, -0.2) is 4.79 Å². The summed E-state index contributed by atoms with van der Waals surface area (Å²) in [7, 11) is 0. The molecule has 1 aliphatic rings. The molecule has 3 amide bonds. The number of phenolic OH excluding ortho intramolecular Hbond substituents is 1. The van der Waals surface area contributed by atoms with Gasteiger partial charge in [0.25, 0.3) is 5.91 Å². The Bertz CT molecular complexity index is 1090. The molecular weight excluding hydrogens is 446 g/mol. The van der Waals surface area contributed by atoms with Gasteiger partial charge in [-0.3, -0.25) is 9.59 Å². The number of benzene rings is 2. The van der Waals surface area contributed by atoms with Crippen molar-refractivity contribution in [3.8, 4) is 5.75 Å². The van der Waals surface area contributed by atoms with Crippen molar-refractivity contribution < 1.29 is 24.2 Å². The molecule has 35 heavy (non-hydrogen) atoms. The van der Waals surface area contributed by atoms with E-state index in [1.54, 1.807) is 32.9 Å². The molecule has 3 atom stereocenters. The Labute approximate surface area is 206 Å². The second-order valence-electron chi connectivity index (χ2n) is 10.2. The Morgan fingerprint density at radius 1 is 1.11 bits per heavy atom. The number of alkyl carbamates (subject to hydrolysis) is 1. The average Bonchev–Trinajstić information content (AvgIpc) is 3.47. The molecule has 1 saturated carbocycles. The number of ether oxygens (including phenoxy) is 1. The van der Waals surface area contributed by atoms with Crippen LogP contribution in [0.2, 0.25) is 0 Å². The lowest BCUT2D eigenvalue weighted by Crippen LogP contribution is -2.48. The quantitative estimate of drug-likeness (QED) is 0.542. The predicted molar refractivity (Wildman–Crippen MR) is 134 cm³/mol. The highest BCUT2D eigenvalue weighted by molar-refractivity contribution is 5.99. The number of carbonyl (C=O) groups is 3. The molecule has 0 saturated heterocycles. The summed E-state index contributed by atoms with van der Waals surface area (Å²) >= 11 is 0. The van der Waals surface area contributed by atoms with E-state index in [1.165, 1.54) is 17.0 Å². The first-order valence-corrected chi connectivity index (χ1v) is 11.8. The van der Waals surface area contributed by atoms with E-state index in [0.717, 1.165) is 17.5 Å². The van der Waals surface area contributed by atoms with E-state index in [9.17, 15) is 19.5 Å². The molecule has 2 aromatic carbocycles. The van der Waals surface area contributed by atoms with Crippen molar-refractivity contribution in [2.24, 2.45) is 5.92 Å². The number of hydrogen-bond acceptors (Lipinski definition) is 5. The van der Waals surface area contributed by atoms with Gasteiger partial charge >= 0.3 is 6.09 Å². The maximum Gasteiger partial charge on any atom is 0.408 e. The second kappa shape index (κ2) is 10.4. The van der Waals surface area contributed by atoms with Crippen LogP contribution in [0.25, 0.3) is 0 Å². The first-order chi connectivity index (χ1) is 16.4. The van der Waals surface area contributed by atoms with Crippen molar-refractivity contribution in [3.63, 3.8) is 0 Å². The molecule has 8 nitrogen and oxygen atoms in total. The summed E-state index contributed by atoms with van der Waals surface area (Å²) in [6.45, 7) is 10.7. The molecule has 3 N–H and O–H groups in total. The van der Waals surface area contributed by atoms with Crippen molar-refractivity contribution in [1.29, 1.82) is 0 Å². The zero-order chi connectivity index (χ0) is 25.9. The van der Waals surface area contributed by atoms with E-state index >= 15 is 0 Å². The van der Waals surface area contributed by atoms with Crippen LogP contribution in [-0.2, 0) is 14.3 Å². The van der Waals surface area contributed by atoms with Crippen LogP contribution in [0.1, 0.15) is 56.8 Å². The third-order valence-electron chi connectivity index (χ3n) is 5.94. The van der Waals surface area contributed by atoms with Gasteiger partial charge in [0.2, 0.25) is 5.91 Å². The lowest BCUT2D eigenvalue weighted by molar-refractivity contribution is -0.139. The van der Waals surface area contributed by atoms with Gasteiger partial charge in [-0.05, 0) is 75.8 Å². The Hall–Kier alpha value is -3.55. The normalized spacial score (nSPS) is 17.8. The maximum absolute atomic E-state index is 13.7. The lowest BCUT2D eigenvalue weighted by Gasteiger charge is -2.32. The number of anilines is 1. The van der Waals surface area contributed by atoms with E-state index in [-0.39, 0.29) is 24.3 Å². The molecule has 3 rings (SSSR count). The Morgan fingerprint density at radius 2 is 1.71 bits per heavy atom. The van der Waals surface area contributed by atoms with E-state index in [2.05, 4.69) is 10.6 Å². The summed E-state index contributed by atoms with van der Waals surface area (Å²) in [6, 6.07) is 10.9. The SMILES string of the molecule is Cc1cccc(C)c1NC(=O)C(c1cccc(O)c1)N(C(=O)CNC(=O)OC(C)(C)C)C1CC1C. The van der Waals surface area contributed by atoms with Crippen molar-refractivity contribution >= 4 is 23.6 Å². The lowest BCUT2D eigenvalue weighted by atomic mass is 10.0. The van der Waals surface area contributed by atoms with E-state index in [4.69, 9.17) is 4.74 Å². The topological polar surface area (TPSA) is 108 Å². The molecule has 3 unspecified atom stereocenters. The van der Waals surface area contributed by atoms with Gasteiger partial charge in [-0.15, -0.1) is 0 Å². The number of phenols is 1. The molecule has 8 heteroatoms. The minimum absolute atomic E-state index is 0.00417. The van der Waals surface area contributed by atoms with Gasteiger partial charge in [0.1, 0.15) is 23.9 Å². The molecule has 0 aromatic heterocycles. The summed E-state index contributed by atoms with van der Waals surface area (Å²) in [5.74, 6) is -0.600. The predicted octanol–water partition coefficient (Wildman–Crippen LogP) is 4.45. The number of aryl methyl sites for hydroxylation is 2. The van der Waals surface area contributed by atoms with Crippen LogP contribution >= 0.6 is 0 Å². The molecule has 188 valence electrons. The molecule has 2 aromatic rings. The Kier molecular flexibility index (Phi) is 7.73. The summed E-state index contributed by atoms with van der Waals surface area (Å²) in [4.78, 5) is 40.9. The van der Waals surface area contributed by atoms with Crippen LogP contribution in [0.15, 0.2) is 42.5 Å². The summed E-state index contributed by atoms with van der Waals surface area (Å²) in [6.07, 6.45) is 0.0352. The van der Waals surface area contributed by atoms with Gasteiger partial charge in [0, 0.05) is 11.7 Å². The molecule has 1 aliphatic carbocycles. The second-order valence-corrected chi connectivity index (χ2v) is 10.2. The van der Waals surface area contributed by atoms with Crippen molar-refractivity contribution in [1.82, 2.24) is 10.2 Å². The molecular formula is C27H35N3O5. The van der Waals surface area contributed by atoms with Crippen LogP contribution in [0.5, 0.6) is 5.75 Å². The van der Waals surface area contributed by atoms with Gasteiger partial charge < -0.3 is 25.4 Å². The fourth-order valence-electron chi connectivity index (χ4n) is 4.10. The number of carbonyl (C=O) groups excluding carboxylic acids is 3. The molecule has 1 fully saturated rings. The first kappa shape index (κ1) is 26.1. The molecule has 0 bridgehead atoms. The number of amides is 3. The highest BCUT2D eigenvalue weighted by Crippen LogP contribution is 2.41. The highest BCUT2D eigenvalue weighted by Gasteiger charge is 2.46. The van der Waals surface area contributed by atoms with Crippen molar-refractivity contribution in [2.75, 3.05) is 11.9 Å². The number of hydrogen-bond donors (Lipinski definition) is 3. The van der Waals surface area contributed by atoms with Crippen LogP contribution in [0.3, 0.4) is 0 Å². The number of nitrogens with one attached hydrogen (secondary N) is 2. The Balaban J connectivity index is 1.93. The zero-order valence-corrected chi connectivity index (χ0v) is 21.2. The zero-order valence-electron chi connectivity index (χ0n) is 21.2. The first-order valence-electron chi connectivity index (χ1n) is 11.8. The van der Waals surface area contributed by atoms with Crippen LogP contribution in [0.4, 0.5) is 10.5 Å². The fourth-order valence-corrected chi connectivity index (χ4v) is 4.10. The van der Waals surface area contributed by atoms with Gasteiger partial charge in [-0.1, -0.05) is 37.3 Å². The summed E-state index contributed by atoms with van der Waals surface area (Å²) < 4.78 is 5.25. The van der Waals surface area contributed by atoms with E-state index in [1.807, 2.05) is 39.0 Å². The van der Waals surface area contributed by atoms with Gasteiger partial charge in [0.05, 0.1) is 0 Å². The van der Waals surface area contributed by atoms with Gasteiger partial charge in [-0.2, -0.15) is 0 Å². The highest BCUT2D eigenvalue weighted by atomic mass is 16.6. The standard InChI is InChI=1S/C27H35N3O5/c1-16-9-7-10-17(2)23(16)29-25(33)24(19-11-8-12-20(31)14-19)30(21-13-18(21)3)22(32)15-28-26(34)35-27(4,5)6/h7-12,14,18,21,24,31H,13,15H2,1-6H3,(H,28,34)(H,29,33). The van der Waals surface area contributed by atoms with Crippen LogP contribution in [0, 0.1) is 19.8 Å². The number of nitrogens with zero attached hydrogens (tertiary/aromatic N) is 1. The smallest absolute Gasteiger partial charge is 0.408 e. The van der Waals surface area contributed by atoms with E-state index < -0.39 is 29.6 Å². The molecule has 0 radical (unpaired) electrons. The summed E-state index contributed by atoms with van der Waals surface area (Å²) in [5, 5.41) is 15.6. The number of para-hydroxylation sites is 1. The monoisotopic (exact) mass is 481 g/mol. The van der Waals surface area contributed by atoms with E-state index in [0.29, 0.717) is 11.3 Å².